The fraction of sp³-hybridized carbons (Fsp3) is 0.385. The highest BCUT2D eigenvalue weighted by molar-refractivity contribution is 5.80. The standard InChI is InChI=1S/C13H18N2O2/c1-11(9-13(16)17)10-15(2)8-6-12-5-3-4-7-14-12/h3-5,7,9H,6,8,10H2,1-2H3,(H,16,17). The minimum absolute atomic E-state index is 0.666. The molecule has 0 aromatic carbocycles. The summed E-state index contributed by atoms with van der Waals surface area (Å²) in [5.41, 5.74) is 1.90. The van der Waals surface area contributed by atoms with Crippen LogP contribution in [0.25, 0.3) is 0 Å². The van der Waals surface area contributed by atoms with E-state index in [4.69, 9.17) is 5.11 Å². The third-order valence-electron chi connectivity index (χ3n) is 2.37. The van der Waals surface area contributed by atoms with Crippen LogP contribution in [0.15, 0.2) is 36.0 Å². The van der Waals surface area contributed by atoms with Crippen molar-refractivity contribution in [3.8, 4) is 0 Å². The fourth-order valence-electron chi connectivity index (χ4n) is 1.61. The van der Waals surface area contributed by atoms with E-state index in [9.17, 15) is 4.79 Å². The van der Waals surface area contributed by atoms with Gasteiger partial charge in [-0.15, -0.1) is 0 Å². The van der Waals surface area contributed by atoms with Crippen molar-refractivity contribution < 1.29 is 9.90 Å². The molecular weight excluding hydrogens is 216 g/mol. The maximum Gasteiger partial charge on any atom is 0.328 e. The number of hydrogen-bond donors (Lipinski definition) is 1. The van der Waals surface area contributed by atoms with Gasteiger partial charge in [-0.05, 0) is 26.1 Å². The van der Waals surface area contributed by atoms with E-state index < -0.39 is 5.97 Å². The lowest BCUT2D eigenvalue weighted by Gasteiger charge is -2.16. The van der Waals surface area contributed by atoms with Crippen molar-refractivity contribution in [3.05, 3.63) is 41.7 Å². The van der Waals surface area contributed by atoms with Crippen molar-refractivity contribution in [2.75, 3.05) is 20.1 Å². The first-order chi connectivity index (χ1) is 8.08. The summed E-state index contributed by atoms with van der Waals surface area (Å²) in [6, 6.07) is 5.86. The van der Waals surface area contributed by atoms with Gasteiger partial charge in [-0.1, -0.05) is 11.6 Å². The third kappa shape index (κ3) is 5.82. The molecule has 0 atom stereocenters. The molecule has 0 spiro atoms. The van der Waals surface area contributed by atoms with E-state index in [1.54, 1.807) is 6.20 Å². The van der Waals surface area contributed by atoms with E-state index in [-0.39, 0.29) is 0 Å². The van der Waals surface area contributed by atoms with E-state index in [1.165, 1.54) is 6.08 Å². The minimum atomic E-state index is -0.888. The van der Waals surface area contributed by atoms with Crippen LogP contribution in [0.5, 0.6) is 0 Å². The average molecular weight is 234 g/mol. The molecule has 4 nitrogen and oxygen atoms in total. The molecule has 0 saturated heterocycles. The molecule has 0 radical (unpaired) electrons. The molecule has 92 valence electrons. The quantitative estimate of drug-likeness (QED) is 0.759. The molecule has 0 aliphatic heterocycles. The SMILES string of the molecule is CC(=CC(=O)O)CN(C)CCc1ccccn1. The molecule has 0 aliphatic carbocycles. The lowest BCUT2D eigenvalue weighted by atomic mass is 10.2. The highest BCUT2D eigenvalue weighted by atomic mass is 16.4. The number of carboxylic acids is 1. The van der Waals surface area contributed by atoms with Crippen LogP contribution >= 0.6 is 0 Å². The topological polar surface area (TPSA) is 53.4 Å². The maximum atomic E-state index is 10.5. The average Bonchev–Trinajstić information content (AvgIpc) is 2.26. The minimum Gasteiger partial charge on any atom is -0.478 e. The number of rotatable bonds is 6. The molecular formula is C13H18N2O2. The van der Waals surface area contributed by atoms with Gasteiger partial charge >= 0.3 is 5.97 Å². The van der Waals surface area contributed by atoms with Gasteiger partial charge in [-0.2, -0.15) is 0 Å². The van der Waals surface area contributed by atoms with Crippen LogP contribution in [0.2, 0.25) is 0 Å². The number of nitrogens with zero attached hydrogens (tertiary/aromatic N) is 2. The number of carboxylic acid groups (broad SMARTS) is 1. The molecule has 1 heterocycles. The van der Waals surface area contributed by atoms with Crippen molar-refractivity contribution >= 4 is 5.97 Å². The van der Waals surface area contributed by atoms with Crippen molar-refractivity contribution in [2.45, 2.75) is 13.3 Å². The number of aliphatic carboxylic acids is 1. The predicted molar refractivity (Wildman–Crippen MR) is 66.8 cm³/mol. The Morgan fingerprint density at radius 2 is 2.29 bits per heavy atom. The van der Waals surface area contributed by atoms with Crippen LogP contribution in [-0.4, -0.2) is 41.1 Å². The highest BCUT2D eigenvalue weighted by Gasteiger charge is 2.02. The molecule has 1 N–H and O–H groups in total. The summed E-state index contributed by atoms with van der Waals surface area (Å²) in [5, 5.41) is 8.60. The van der Waals surface area contributed by atoms with Gasteiger partial charge in [0.1, 0.15) is 0 Å². The maximum absolute atomic E-state index is 10.5. The lowest BCUT2D eigenvalue weighted by Crippen LogP contribution is -2.23. The summed E-state index contributed by atoms with van der Waals surface area (Å²) in [5.74, 6) is -0.888. The smallest absolute Gasteiger partial charge is 0.328 e. The number of carbonyl (C=O) groups is 1. The molecule has 17 heavy (non-hydrogen) atoms. The number of pyridine rings is 1. The van der Waals surface area contributed by atoms with Gasteiger partial charge in [0.2, 0.25) is 0 Å². The van der Waals surface area contributed by atoms with E-state index in [0.29, 0.717) is 6.54 Å². The summed E-state index contributed by atoms with van der Waals surface area (Å²) in [4.78, 5) is 16.8. The van der Waals surface area contributed by atoms with Crippen molar-refractivity contribution in [2.24, 2.45) is 0 Å². The van der Waals surface area contributed by atoms with Crippen LogP contribution in [0, 0.1) is 0 Å². The molecule has 0 amide bonds. The zero-order valence-electron chi connectivity index (χ0n) is 10.3. The zero-order chi connectivity index (χ0) is 12.7. The van der Waals surface area contributed by atoms with Crippen molar-refractivity contribution in [1.29, 1.82) is 0 Å². The zero-order valence-corrected chi connectivity index (χ0v) is 10.3. The Kier molecular flexibility index (Phi) is 5.36. The van der Waals surface area contributed by atoms with Crippen molar-refractivity contribution in [1.82, 2.24) is 9.88 Å². The largest absolute Gasteiger partial charge is 0.478 e. The summed E-state index contributed by atoms with van der Waals surface area (Å²) in [6.45, 7) is 3.35. The van der Waals surface area contributed by atoms with Gasteiger partial charge in [0, 0.05) is 37.5 Å². The van der Waals surface area contributed by atoms with Crippen LogP contribution in [0.4, 0.5) is 0 Å². The Bertz CT molecular complexity index is 388. The summed E-state index contributed by atoms with van der Waals surface area (Å²) in [6.07, 6.45) is 3.90. The first-order valence-electron chi connectivity index (χ1n) is 5.56. The third-order valence-corrected chi connectivity index (χ3v) is 2.37. The van der Waals surface area contributed by atoms with E-state index >= 15 is 0 Å². The van der Waals surface area contributed by atoms with E-state index in [1.807, 2.05) is 32.2 Å². The first-order valence-corrected chi connectivity index (χ1v) is 5.56. The number of hydrogen-bond acceptors (Lipinski definition) is 3. The van der Waals surface area contributed by atoms with Crippen LogP contribution < -0.4 is 0 Å². The molecule has 1 aromatic heterocycles. The molecule has 1 aromatic rings. The van der Waals surface area contributed by atoms with Gasteiger partial charge in [-0.3, -0.25) is 4.98 Å². The molecule has 4 heteroatoms. The normalized spacial score (nSPS) is 11.8. The second kappa shape index (κ2) is 6.81. The fourth-order valence-corrected chi connectivity index (χ4v) is 1.61. The molecule has 1 rings (SSSR count). The van der Waals surface area contributed by atoms with Gasteiger partial charge in [0.05, 0.1) is 0 Å². The molecule has 0 bridgehead atoms. The number of aromatic nitrogens is 1. The van der Waals surface area contributed by atoms with Gasteiger partial charge in [0.15, 0.2) is 0 Å². The summed E-state index contributed by atoms with van der Waals surface area (Å²) in [7, 11) is 1.97. The molecule has 0 fully saturated rings. The van der Waals surface area contributed by atoms with Crippen LogP contribution in [0.1, 0.15) is 12.6 Å². The second-order valence-corrected chi connectivity index (χ2v) is 4.14. The Hall–Kier alpha value is -1.68. The van der Waals surface area contributed by atoms with Gasteiger partial charge in [0.25, 0.3) is 0 Å². The van der Waals surface area contributed by atoms with Gasteiger partial charge < -0.3 is 10.0 Å². The summed E-state index contributed by atoms with van der Waals surface area (Å²) >= 11 is 0. The second-order valence-electron chi connectivity index (χ2n) is 4.14. The predicted octanol–water partition coefficient (Wildman–Crippen LogP) is 1.59. The Balaban J connectivity index is 2.35. The number of likely N-dealkylation sites (N-methyl/N-ethyl adjacent to an activating group) is 1. The van der Waals surface area contributed by atoms with Gasteiger partial charge in [-0.25, -0.2) is 4.79 Å². The highest BCUT2D eigenvalue weighted by Crippen LogP contribution is 2.00. The van der Waals surface area contributed by atoms with E-state index in [2.05, 4.69) is 9.88 Å². The Morgan fingerprint density at radius 1 is 1.53 bits per heavy atom. The Labute approximate surface area is 102 Å². The van der Waals surface area contributed by atoms with Crippen LogP contribution in [0.3, 0.4) is 0 Å². The molecule has 0 aliphatic rings. The van der Waals surface area contributed by atoms with Crippen LogP contribution in [-0.2, 0) is 11.2 Å². The molecule has 0 unspecified atom stereocenters. The Morgan fingerprint density at radius 3 is 2.88 bits per heavy atom. The van der Waals surface area contributed by atoms with E-state index in [0.717, 1.165) is 24.2 Å². The monoisotopic (exact) mass is 234 g/mol. The first kappa shape index (κ1) is 13.4. The molecule has 0 saturated carbocycles. The lowest BCUT2D eigenvalue weighted by molar-refractivity contribution is -0.131. The van der Waals surface area contributed by atoms with Crippen molar-refractivity contribution in [3.63, 3.8) is 0 Å². The summed E-state index contributed by atoms with van der Waals surface area (Å²) < 4.78 is 0.